The number of rotatable bonds is 5. The second kappa shape index (κ2) is 6.61. The minimum Gasteiger partial charge on any atom is -0.478 e. The summed E-state index contributed by atoms with van der Waals surface area (Å²) in [6.45, 7) is 6.86. The van der Waals surface area contributed by atoms with E-state index in [1.54, 1.807) is 6.33 Å². The second-order valence-corrected chi connectivity index (χ2v) is 6.07. The van der Waals surface area contributed by atoms with Crippen molar-refractivity contribution < 1.29 is 4.74 Å². The Balaban J connectivity index is 2.17. The van der Waals surface area contributed by atoms with Crippen molar-refractivity contribution >= 4 is 17.4 Å². The van der Waals surface area contributed by atoms with Crippen LogP contribution in [-0.4, -0.2) is 28.0 Å². The molecular formula is C15H24ClN3O. The molecule has 2 rings (SSSR count). The van der Waals surface area contributed by atoms with Crippen LogP contribution in [-0.2, 0) is 0 Å². The molecule has 0 atom stereocenters. The first-order valence-corrected chi connectivity index (χ1v) is 7.92. The van der Waals surface area contributed by atoms with Gasteiger partial charge in [-0.05, 0) is 45.4 Å². The smallest absolute Gasteiger partial charge is 0.221 e. The number of hydrogen-bond donors (Lipinski definition) is 1. The van der Waals surface area contributed by atoms with E-state index in [0.29, 0.717) is 18.4 Å². The maximum absolute atomic E-state index is 6.25. The van der Waals surface area contributed by atoms with E-state index in [4.69, 9.17) is 16.3 Å². The third-order valence-electron chi connectivity index (χ3n) is 4.19. The molecule has 1 aromatic rings. The Kier molecular flexibility index (Phi) is 5.08. The molecule has 1 N–H and O–H groups in total. The molecule has 1 heterocycles. The van der Waals surface area contributed by atoms with E-state index < -0.39 is 0 Å². The maximum Gasteiger partial charge on any atom is 0.221 e. The third-order valence-corrected chi connectivity index (χ3v) is 4.70. The van der Waals surface area contributed by atoms with Crippen molar-refractivity contribution in [3.8, 4) is 5.88 Å². The van der Waals surface area contributed by atoms with Gasteiger partial charge < -0.3 is 10.1 Å². The molecule has 0 bridgehead atoms. The molecule has 0 aliphatic heterocycles. The SMILES string of the molecule is CCOc1ncnc(NC2(CCl)CCC(C)CC2)c1C. The van der Waals surface area contributed by atoms with Crippen LogP contribution in [0.5, 0.6) is 5.88 Å². The van der Waals surface area contributed by atoms with Gasteiger partial charge in [-0.3, -0.25) is 0 Å². The summed E-state index contributed by atoms with van der Waals surface area (Å²) in [7, 11) is 0. The fourth-order valence-electron chi connectivity index (χ4n) is 2.70. The van der Waals surface area contributed by atoms with Crippen LogP contribution in [0.1, 0.15) is 45.1 Å². The van der Waals surface area contributed by atoms with Gasteiger partial charge in [0.15, 0.2) is 0 Å². The van der Waals surface area contributed by atoms with Gasteiger partial charge >= 0.3 is 0 Å². The van der Waals surface area contributed by atoms with E-state index in [2.05, 4.69) is 22.2 Å². The van der Waals surface area contributed by atoms with Crippen LogP contribution in [0.4, 0.5) is 5.82 Å². The highest BCUT2D eigenvalue weighted by Gasteiger charge is 2.34. The van der Waals surface area contributed by atoms with Crippen LogP contribution in [0.2, 0.25) is 0 Å². The van der Waals surface area contributed by atoms with Crippen molar-refractivity contribution in [3.05, 3.63) is 11.9 Å². The average Bonchev–Trinajstić information content (AvgIpc) is 2.46. The number of nitrogens with one attached hydrogen (secondary N) is 1. The molecule has 112 valence electrons. The zero-order valence-corrected chi connectivity index (χ0v) is 13.3. The molecule has 0 saturated heterocycles. The van der Waals surface area contributed by atoms with E-state index in [9.17, 15) is 0 Å². The Morgan fingerprint density at radius 3 is 2.70 bits per heavy atom. The number of halogens is 1. The molecule has 20 heavy (non-hydrogen) atoms. The minimum absolute atomic E-state index is 0.0450. The molecular weight excluding hydrogens is 274 g/mol. The summed E-state index contributed by atoms with van der Waals surface area (Å²) in [6, 6.07) is 0. The summed E-state index contributed by atoms with van der Waals surface area (Å²) in [6.07, 6.45) is 6.15. The molecule has 5 heteroatoms. The second-order valence-electron chi connectivity index (χ2n) is 5.81. The molecule has 0 spiro atoms. The summed E-state index contributed by atoms with van der Waals surface area (Å²) in [5, 5.41) is 3.57. The molecule has 1 aliphatic carbocycles. The van der Waals surface area contributed by atoms with Crippen molar-refractivity contribution in [2.45, 2.75) is 52.0 Å². The Labute approximate surface area is 126 Å². The van der Waals surface area contributed by atoms with Crippen molar-refractivity contribution in [1.29, 1.82) is 0 Å². The number of aromatic nitrogens is 2. The predicted molar refractivity (Wildman–Crippen MR) is 82.6 cm³/mol. The normalized spacial score (nSPS) is 26.3. The lowest BCUT2D eigenvalue weighted by atomic mass is 9.78. The van der Waals surface area contributed by atoms with Gasteiger partial charge in [0.1, 0.15) is 12.1 Å². The van der Waals surface area contributed by atoms with E-state index in [1.807, 2.05) is 13.8 Å². The summed E-state index contributed by atoms with van der Waals surface area (Å²) < 4.78 is 5.53. The molecule has 0 unspecified atom stereocenters. The molecule has 1 aromatic heterocycles. The highest BCUT2D eigenvalue weighted by molar-refractivity contribution is 6.18. The van der Waals surface area contributed by atoms with Crippen molar-refractivity contribution in [3.63, 3.8) is 0 Å². The van der Waals surface area contributed by atoms with Crippen LogP contribution >= 0.6 is 11.6 Å². The number of ether oxygens (including phenoxy) is 1. The number of hydrogen-bond acceptors (Lipinski definition) is 4. The lowest BCUT2D eigenvalue weighted by Gasteiger charge is -2.39. The topological polar surface area (TPSA) is 47.0 Å². The average molecular weight is 298 g/mol. The standard InChI is InChI=1S/C15H24ClN3O/c1-4-20-14-12(3)13(17-10-18-14)19-15(9-16)7-5-11(2)6-8-15/h10-11H,4-9H2,1-3H3,(H,17,18,19). The summed E-state index contributed by atoms with van der Waals surface area (Å²) in [5.74, 6) is 2.89. The molecule has 1 aliphatic rings. The van der Waals surface area contributed by atoms with Gasteiger partial charge in [-0.2, -0.15) is 0 Å². The van der Waals surface area contributed by atoms with Gasteiger partial charge in [0.2, 0.25) is 5.88 Å². The predicted octanol–water partition coefficient (Wildman–Crippen LogP) is 3.78. The van der Waals surface area contributed by atoms with E-state index in [1.165, 1.54) is 12.8 Å². The van der Waals surface area contributed by atoms with E-state index in [0.717, 1.165) is 30.1 Å². The fourth-order valence-corrected chi connectivity index (χ4v) is 3.03. The van der Waals surface area contributed by atoms with Gasteiger partial charge in [-0.25, -0.2) is 9.97 Å². The van der Waals surface area contributed by atoms with E-state index >= 15 is 0 Å². The van der Waals surface area contributed by atoms with Crippen LogP contribution < -0.4 is 10.1 Å². The first kappa shape index (κ1) is 15.4. The van der Waals surface area contributed by atoms with Crippen LogP contribution in [0.25, 0.3) is 0 Å². The van der Waals surface area contributed by atoms with Gasteiger partial charge in [0.25, 0.3) is 0 Å². The Morgan fingerprint density at radius 2 is 2.10 bits per heavy atom. The lowest BCUT2D eigenvalue weighted by Crippen LogP contribution is -2.44. The molecule has 0 aromatic carbocycles. The van der Waals surface area contributed by atoms with Crippen molar-refractivity contribution in [1.82, 2.24) is 9.97 Å². The first-order valence-electron chi connectivity index (χ1n) is 7.39. The Bertz CT molecular complexity index is 445. The molecule has 1 saturated carbocycles. The number of nitrogens with zero attached hydrogens (tertiary/aromatic N) is 2. The number of anilines is 1. The van der Waals surface area contributed by atoms with Crippen molar-refractivity contribution in [2.24, 2.45) is 5.92 Å². The van der Waals surface area contributed by atoms with Crippen LogP contribution in [0.15, 0.2) is 6.33 Å². The Morgan fingerprint density at radius 1 is 1.40 bits per heavy atom. The van der Waals surface area contributed by atoms with Crippen LogP contribution in [0.3, 0.4) is 0 Å². The number of alkyl halides is 1. The van der Waals surface area contributed by atoms with Crippen molar-refractivity contribution in [2.75, 3.05) is 17.8 Å². The maximum atomic E-state index is 6.25. The zero-order valence-electron chi connectivity index (χ0n) is 12.6. The quantitative estimate of drug-likeness (QED) is 0.840. The van der Waals surface area contributed by atoms with E-state index in [-0.39, 0.29) is 5.54 Å². The van der Waals surface area contributed by atoms with Gasteiger partial charge in [0, 0.05) is 5.88 Å². The minimum atomic E-state index is -0.0450. The summed E-state index contributed by atoms with van der Waals surface area (Å²) >= 11 is 6.25. The van der Waals surface area contributed by atoms with Gasteiger partial charge in [-0.1, -0.05) is 6.92 Å². The zero-order chi connectivity index (χ0) is 14.6. The molecule has 0 radical (unpaired) electrons. The summed E-state index contributed by atoms with van der Waals surface area (Å²) in [4.78, 5) is 8.54. The molecule has 0 amide bonds. The van der Waals surface area contributed by atoms with Gasteiger partial charge in [0.05, 0.1) is 17.7 Å². The first-order chi connectivity index (χ1) is 9.60. The highest BCUT2D eigenvalue weighted by Crippen LogP contribution is 2.36. The van der Waals surface area contributed by atoms with Gasteiger partial charge in [-0.15, -0.1) is 11.6 Å². The lowest BCUT2D eigenvalue weighted by molar-refractivity contribution is 0.285. The third kappa shape index (κ3) is 3.35. The van der Waals surface area contributed by atoms with Crippen LogP contribution in [0, 0.1) is 12.8 Å². The molecule has 1 fully saturated rings. The fraction of sp³-hybridized carbons (Fsp3) is 0.733. The highest BCUT2D eigenvalue weighted by atomic mass is 35.5. The monoisotopic (exact) mass is 297 g/mol. The summed E-state index contributed by atoms with van der Waals surface area (Å²) in [5.41, 5.74) is 0.911. The largest absolute Gasteiger partial charge is 0.478 e. The molecule has 4 nitrogen and oxygen atoms in total. The Hall–Kier alpha value is -1.03.